The predicted octanol–water partition coefficient (Wildman–Crippen LogP) is 4.23. The van der Waals surface area contributed by atoms with Gasteiger partial charge < -0.3 is 14.6 Å². The standard InChI is InChI=1S/C21H21NO4/c1-2-25-20-12-18(9-7-16(20)8-10-21(23)24)26-14-15-11-17-5-3-4-6-19(17)22-13-15/h3-7,9,11-13H,2,8,10,14H2,1H3,(H,23,24). The van der Waals surface area contributed by atoms with Crippen molar-refractivity contribution in [1.29, 1.82) is 0 Å². The summed E-state index contributed by atoms with van der Waals surface area (Å²) >= 11 is 0. The van der Waals surface area contributed by atoms with E-state index in [9.17, 15) is 4.79 Å². The summed E-state index contributed by atoms with van der Waals surface area (Å²) in [5.41, 5.74) is 2.81. The van der Waals surface area contributed by atoms with Gasteiger partial charge in [0.25, 0.3) is 0 Å². The van der Waals surface area contributed by atoms with Crippen LogP contribution in [0.4, 0.5) is 0 Å². The summed E-state index contributed by atoms with van der Waals surface area (Å²) in [4.78, 5) is 15.2. The van der Waals surface area contributed by atoms with Crippen LogP contribution in [0.2, 0.25) is 0 Å². The van der Waals surface area contributed by atoms with E-state index in [-0.39, 0.29) is 6.42 Å². The van der Waals surface area contributed by atoms with Gasteiger partial charge in [-0.25, -0.2) is 0 Å². The first-order chi connectivity index (χ1) is 12.7. The number of fused-ring (bicyclic) bond motifs is 1. The zero-order chi connectivity index (χ0) is 18.4. The van der Waals surface area contributed by atoms with Crippen molar-refractivity contribution in [3.63, 3.8) is 0 Å². The second-order valence-electron chi connectivity index (χ2n) is 5.92. The molecule has 26 heavy (non-hydrogen) atoms. The molecule has 0 amide bonds. The summed E-state index contributed by atoms with van der Waals surface area (Å²) in [5, 5.41) is 9.94. The molecular formula is C21H21NO4. The number of aliphatic carboxylic acids is 1. The number of rotatable bonds is 8. The van der Waals surface area contributed by atoms with E-state index in [2.05, 4.69) is 11.1 Å². The number of carboxylic acid groups (broad SMARTS) is 1. The first kappa shape index (κ1) is 17.7. The van der Waals surface area contributed by atoms with Crippen LogP contribution in [0, 0.1) is 0 Å². The summed E-state index contributed by atoms with van der Waals surface area (Å²) in [6.45, 7) is 2.81. The number of hydrogen-bond acceptors (Lipinski definition) is 4. The van der Waals surface area contributed by atoms with Gasteiger partial charge in [-0.3, -0.25) is 9.78 Å². The minimum absolute atomic E-state index is 0.0725. The summed E-state index contributed by atoms with van der Waals surface area (Å²) in [7, 11) is 0. The SMILES string of the molecule is CCOc1cc(OCc2cnc3ccccc3c2)ccc1CCC(=O)O. The molecule has 5 nitrogen and oxygen atoms in total. The second-order valence-corrected chi connectivity index (χ2v) is 5.92. The van der Waals surface area contributed by atoms with Gasteiger partial charge in [0, 0.05) is 29.6 Å². The maximum absolute atomic E-state index is 10.8. The molecule has 0 aliphatic heterocycles. The summed E-state index contributed by atoms with van der Waals surface area (Å²) in [6, 6.07) is 15.5. The van der Waals surface area contributed by atoms with E-state index >= 15 is 0 Å². The molecule has 134 valence electrons. The van der Waals surface area contributed by atoms with Gasteiger partial charge in [-0.15, -0.1) is 0 Å². The smallest absolute Gasteiger partial charge is 0.303 e. The number of aryl methyl sites for hydroxylation is 1. The van der Waals surface area contributed by atoms with Crippen molar-refractivity contribution < 1.29 is 19.4 Å². The van der Waals surface area contributed by atoms with Gasteiger partial charge in [-0.2, -0.15) is 0 Å². The fourth-order valence-corrected chi connectivity index (χ4v) is 2.72. The van der Waals surface area contributed by atoms with Crippen molar-refractivity contribution >= 4 is 16.9 Å². The summed E-state index contributed by atoms with van der Waals surface area (Å²) < 4.78 is 11.5. The Balaban J connectivity index is 1.71. The van der Waals surface area contributed by atoms with Crippen molar-refractivity contribution in [3.8, 4) is 11.5 Å². The first-order valence-corrected chi connectivity index (χ1v) is 8.59. The second kappa shape index (κ2) is 8.34. The third kappa shape index (κ3) is 4.51. The van der Waals surface area contributed by atoms with Crippen LogP contribution < -0.4 is 9.47 Å². The molecule has 0 aliphatic rings. The molecule has 0 bridgehead atoms. The van der Waals surface area contributed by atoms with E-state index in [1.807, 2.05) is 55.6 Å². The largest absolute Gasteiger partial charge is 0.493 e. The Morgan fingerprint density at radius 1 is 1.12 bits per heavy atom. The maximum atomic E-state index is 10.8. The van der Waals surface area contributed by atoms with Gasteiger partial charge in [-0.1, -0.05) is 24.3 Å². The number of pyridine rings is 1. The number of para-hydroxylation sites is 1. The number of benzene rings is 2. The minimum Gasteiger partial charge on any atom is -0.493 e. The van der Waals surface area contributed by atoms with Crippen LogP contribution in [0.5, 0.6) is 11.5 Å². The lowest BCUT2D eigenvalue weighted by molar-refractivity contribution is -0.136. The van der Waals surface area contributed by atoms with Gasteiger partial charge in [0.1, 0.15) is 18.1 Å². The molecule has 3 rings (SSSR count). The Labute approximate surface area is 152 Å². The lowest BCUT2D eigenvalue weighted by Crippen LogP contribution is -2.02. The van der Waals surface area contributed by atoms with E-state index < -0.39 is 5.97 Å². The Bertz CT molecular complexity index is 907. The van der Waals surface area contributed by atoms with E-state index in [1.54, 1.807) is 0 Å². The molecule has 0 saturated heterocycles. The minimum atomic E-state index is -0.823. The average molecular weight is 351 g/mol. The fourth-order valence-electron chi connectivity index (χ4n) is 2.72. The normalized spacial score (nSPS) is 10.7. The lowest BCUT2D eigenvalue weighted by atomic mass is 10.1. The number of ether oxygens (including phenoxy) is 2. The zero-order valence-electron chi connectivity index (χ0n) is 14.6. The molecule has 5 heteroatoms. The van der Waals surface area contributed by atoms with E-state index in [0.29, 0.717) is 31.1 Å². The highest BCUT2D eigenvalue weighted by molar-refractivity contribution is 5.78. The number of carbonyl (C=O) groups is 1. The molecule has 0 spiro atoms. The summed E-state index contributed by atoms with van der Waals surface area (Å²) in [6.07, 6.45) is 2.32. The average Bonchev–Trinajstić information content (AvgIpc) is 2.65. The van der Waals surface area contributed by atoms with E-state index in [4.69, 9.17) is 14.6 Å². The van der Waals surface area contributed by atoms with Gasteiger partial charge >= 0.3 is 5.97 Å². The molecule has 2 aromatic carbocycles. The zero-order valence-corrected chi connectivity index (χ0v) is 14.6. The van der Waals surface area contributed by atoms with Crippen LogP contribution in [0.1, 0.15) is 24.5 Å². The highest BCUT2D eigenvalue weighted by atomic mass is 16.5. The third-order valence-corrected chi connectivity index (χ3v) is 4.00. The highest BCUT2D eigenvalue weighted by Crippen LogP contribution is 2.27. The van der Waals surface area contributed by atoms with Gasteiger partial charge in [-0.05, 0) is 37.1 Å². The Hall–Kier alpha value is -3.08. The van der Waals surface area contributed by atoms with Crippen molar-refractivity contribution in [2.45, 2.75) is 26.4 Å². The Kier molecular flexibility index (Phi) is 5.69. The fraction of sp³-hybridized carbons (Fsp3) is 0.238. The topological polar surface area (TPSA) is 68.7 Å². The molecule has 0 atom stereocenters. The molecule has 1 heterocycles. The molecular weight excluding hydrogens is 330 g/mol. The Morgan fingerprint density at radius 3 is 2.77 bits per heavy atom. The van der Waals surface area contributed by atoms with Crippen LogP contribution >= 0.6 is 0 Å². The van der Waals surface area contributed by atoms with E-state index in [0.717, 1.165) is 22.0 Å². The first-order valence-electron chi connectivity index (χ1n) is 8.59. The molecule has 0 radical (unpaired) electrons. The molecule has 0 fully saturated rings. The van der Waals surface area contributed by atoms with E-state index in [1.165, 1.54) is 0 Å². The number of nitrogens with zero attached hydrogens (tertiary/aromatic N) is 1. The van der Waals surface area contributed by atoms with Crippen LogP contribution in [-0.4, -0.2) is 22.7 Å². The monoisotopic (exact) mass is 351 g/mol. The van der Waals surface area contributed by atoms with Crippen LogP contribution in [0.3, 0.4) is 0 Å². The van der Waals surface area contributed by atoms with Crippen molar-refractivity contribution in [3.05, 3.63) is 65.9 Å². The quantitative estimate of drug-likeness (QED) is 0.658. The van der Waals surface area contributed by atoms with Crippen molar-refractivity contribution in [2.24, 2.45) is 0 Å². The third-order valence-electron chi connectivity index (χ3n) is 4.00. The molecule has 1 N–H and O–H groups in total. The molecule has 1 aromatic heterocycles. The van der Waals surface area contributed by atoms with Crippen molar-refractivity contribution in [2.75, 3.05) is 6.61 Å². The van der Waals surface area contributed by atoms with Crippen LogP contribution in [-0.2, 0) is 17.8 Å². The van der Waals surface area contributed by atoms with Crippen LogP contribution in [0.15, 0.2) is 54.7 Å². The molecule has 0 unspecified atom stereocenters. The van der Waals surface area contributed by atoms with Gasteiger partial charge in [0.05, 0.1) is 12.1 Å². The highest BCUT2D eigenvalue weighted by Gasteiger charge is 2.09. The summed E-state index contributed by atoms with van der Waals surface area (Å²) in [5.74, 6) is 0.528. The maximum Gasteiger partial charge on any atom is 0.303 e. The lowest BCUT2D eigenvalue weighted by Gasteiger charge is -2.13. The molecule has 0 aliphatic carbocycles. The van der Waals surface area contributed by atoms with Gasteiger partial charge in [0.15, 0.2) is 0 Å². The molecule has 3 aromatic rings. The van der Waals surface area contributed by atoms with Gasteiger partial charge in [0.2, 0.25) is 0 Å². The number of aromatic nitrogens is 1. The number of carboxylic acids is 1. The predicted molar refractivity (Wildman–Crippen MR) is 99.6 cm³/mol. The van der Waals surface area contributed by atoms with Crippen LogP contribution in [0.25, 0.3) is 10.9 Å². The van der Waals surface area contributed by atoms with Crippen molar-refractivity contribution in [1.82, 2.24) is 4.98 Å². The molecule has 0 saturated carbocycles. The number of hydrogen-bond donors (Lipinski definition) is 1. The Morgan fingerprint density at radius 2 is 1.96 bits per heavy atom.